The second kappa shape index (κ2) is 5.14. The van der Waals surface area contributed by atoms with E-state index in [0.29, 0.717) is 6.10 Å². The Bertz CT molecular complexity index is 291. The largest absolute Gasteiger partial charge is 0.489 e. The number of ether oxygens (including phenoxy) is 1. The van der Waals surface area contributed by atoms with Gasteiger partial charge < -0.3 is 15.2 Å². The molecule has 1 saturated heterocycles. The maximum atomic E-state index is 8.90. The summed E-state index contributed by atoms with van der Waals surface area (Å²) in [5.74, 6) is 0.890. The van der Waals surface area contributed by atoms with Gasteiger partial charge in [0.2, 0.25) is 0 Å². The molecule has 0 saturated carbocycles. The lowest BCUT2D eigenvalue weighted by atomic mass is 10.1. The Morgan fingerprint density at radius 3 is 2.73 bits per heavy atom. The fourth-order valence-electron chi connectivity index (χ4n) is 1.79. The van der Waals surface area contributed by atoms with E-state index in [9.17, 15) is 0 Å². The summed E-state index contributed by atoms with van der Waals surface area (Å²) in [6.07, 6.45) is 2.59. The van der Waals surface area contributed by atoms with E-state index in [2.05, 4.69) is 5.32 Å². The first-order valence-electron chi connectivity index (χ1n) is 5.45. The molecule has 0 bridgehead atoms. The van der Waals surface area contributed by atoms with Crippen LogP contribution in [0.15, 0.2) is 24.3 Å². The van der Waals surface area contributed by atoms with Crippen LogP contribution in [0.2, 0.25) is 0 Å². The highest BCUT2D eigenvalue weighted by Gasteiger charge is 2.13. The number of rotatable bonds is 3. The summed E-state index contributed by atoms with van der Waals surface area (Å²) >= 11 is 0. The van der Waals surface area contributed by atoms with E-state index in [-0.39, 0.29) is 6.61 Å². The first-order chi connectivity index (χ1) is 7.38. The molecule has 0 amide bonds. The third-order valence-electron chi connectivity index (χ3n) is 2.66. The van der Waals surface area contributed by atoms with Gasteiger partial charge in [-0.2, -0.15) is 0 Å². The van der Waals surface area contributed by atoms with Gasteiger partial charge in [-0.3, -0.25) is 0 Å². The van der Waals surface area contributed by atoms with Gasteiger partial charge in [0.15, 0.2) is 0 Å². The molecule has 0 aromatic heterocycles. The third-order valence-corrected chi connectivity index (χ3v) is 2.66. The van der Waals surface area contributed by atoms with Crippen molar-refractivity contribution in [3.8, 4) is 5.75 Å². The van der Waals surface area contributed by atoms with E-state index >= 15 is 0 Å². The molecule has 1 heterocycles. The van der Waals surface area contributed by atoms with Crippen LogP contribution >= 0.6 is 0 Å². The average molecular weight is 207 g/mol. The SMILES string of the molecule is OCc1ccc(OC2CCCNC2)cc1. The van der Waals surface area contributed by atoms with Crippen molar-refractivity contribution in [2.75, 3.05) is 13.1 Å². The highest BCUT2D eigenvalue weighted by Crippen LogP contribution is 2.16. The van der Waals surface area contributed by atoms with Crippen LogP contribution in [-0.4, -0.2) is 24.3 Å². The van der Waals surface area contributed by atoms with Gasteiger partial charge in [-0.05, 0) is 37.1 Å². The van der Waals surface area contributed by atoms with Crippen molar-refractivity contribution < 1.29 is 9.84 Å². The van der Waals surface area contributed by atoms with Gasteiger partial charge in [0.25, 0.3) is 0 Å². The molecule has 1 aliphatic rings. The highest BCUT2D eigenvalue weighted by atomic mass is 16.5. The molecule has 3 heteroatoms. The lowest BCUT2D eigenvalue weighted by Crippen LogP contribution is -2.37. The molecule has 1 aliphatic heterocycles. The van der Waals surface area contributed by atoms with Gasteiger partial charge in [-0.25, -0.2) is 0 Å². The molecule has 1 unspecified atom stereocenters. The summed E-state index contributed by atoms with van der Waals surface area (Å²) in [7, 11) is 0. The van der Waals surface area contributed by atoms with Crippen molar-refractivity contribution in [3.63, 3.8) is 0 Å². The Balaban J connectivity index is 1.91. The Kier molecular flexibility index (Phi) is 3.59. The topological polar surface area (TPSA) is 41.5 Å². The zero-order chi connectivity index (χ0) is 10.5. The summed E-state index contributed by atoms with van der Waals surface area (Å²) in [5, 5.41) is 12.2. The van der Waals surface area contributed by atoms with Crippen molar-refractivity contribution in [1.29, 1.82) is 0 Å². The molecular formula is C12H17NO2. The van der Waals surface area contributed by atoms with Gasteiger partial charge >= 0.3 is 0 Å². The number of nitrogens with one attached hydrogen (secondary N) is 1. The molecule has 15 heavy (non-hydrogen) atoms. The minimum Gasteiger partial charge on any atom is -0.489 e. The van der Waals surface area contributed by atoms with Crippen molar-refractivity contribution in [3.05, 3.63) is 29.8 Å². The summed E-state index contributed by atoms with van der Waals surface area (Å²) < 4.78 is 5.81. The third kappa shape index (κ3) is 2.94. The first kappa shape index (κ1) is 10.5. The van der Waals surface area contributed by atoms with E-state index in [4.69, 9.17) is 9.84 Å². The minimum absolute atomic E-state index is 0.0886. The molecule has 1 fully saturated rings. The van der Waals surface area contributed by atoms with Crippen LogP contribution in [0.1, 0.15) is 18.4 Å². The van der Waals surface area contributed by atoms with Crippen LogP contribution in [0.3, 0.4) is 0 Å². The molecule has 2 rings (SSSR count). The molecule has 0 aliphatic carbocycles. The maximum absolute atomic E-state index is 8.90. The molecule has 2 N–H and O–H groups in total. The molecule has 1 aromatic carbocycles. The second-order valence-electron chi connectivity index (χ2n) is 3.89. The number of hydrogen-bond donors (Lipinski definition) is 2. The number of piperidine rings is 1. The summed E-state index contributed by atoms with van der Waals surface area (Å²) in [6, 6.07) is 7.62. The smallest absolute Gasteiger partial charge is 0.119 e. The van der Waals surface area contributed by atoms with Gasteiger partial charge in [-0.15, -0.1) is 0 Å². The van der Waals surface area contributed by atoms with Crippen LogP contribution < -0.4 is 10.1 Å². The van der Waals surface area contributed by atoms with Crippen molar-refractivity contribution in [2.45, 2.75) is 25.6 Å². The number of hydrogen-bond acceptors (Lipinski definition) is 3. The Hall–Kier alpha value is -1.06. The molecule has 82 valence electrons. The molecule has 3 nitrogen and oxygen atoms in total. The van der Waals surface area contributed by atoms with Gasteiger partial charge in [0.05, 0.1) is 6.61 Å². The molecule has 1 atom stereocenters. The molecule has 1 aromatic rings. The zero-order valence-corrected chi connectivity index (χ0v) is 8.78. The number of aliphatic hydroxyl groups is 1. The standard InChI is InChI=1S/C12H17NO2/c14-9-10-3-5-11(6-4-10)15-12-2-1-7-13-8-12/h3-6,12-14H,1-2,7-9H2. The van der Waals surface area contributed by atoms with E-state index in [1.807, 2.05) is 24.3 Å². The van der Waals surface area contributed by atoms with Gasteiger partial charge in [0, 0.05) is 6.54 Å². The predicted octanol–water partition coefficient (Wildman–Crippen LogP) is 1.31. The van der Waals surface area contributed by atoms with E-state index in [1.54, 1.807) is 0 Å². The lowest BCUT2D eigenvalue weighted by Gasteiger charge is -2.23. The average Bonchev–Trinajstić information content (AvgIpc) is 2.31. The van der Waals surface area contributed by atoms with Gasteiger partial charge in [-0.1, -0.05) is 12.1 Å². The van der Waals surface area contributed by atoms with Crippen molar-refractivity contribution in [2.24, 2.45) is 0 Å². The molecule has 0 radical (unpaired) electrons. The fraction of sp³-hybridized carbons (Fsp3) is 0.500. The van der Waals surface area contributed by atoms with Crippen LogP contribution in [0.4, 0.5) is 0 Å². The summed E-state index contributed by atoms with van der Waals surface area (Å²) in [6.45, 7) is 2.12. The van der Waals surface area contributed by atoms with Gasteiger partial charge in [0.1, 0.15) is 11.9 Å². The van der Waals surface area contributed by atoms with Crippen LogP contribution in [0.5, 0.6) is 5.75 Å². The number of aliphatic hydroxyl groups excluding tert-OH is 1. The zero-order valence-electron chi connectivity index (χ0n) is 8.78. The quantitative estimate of drug-likeness (QED) is 0.785. The lowest BCUT2D eigenvalue weighted by molar-refractivity contribution is 0.167. The second-order valence-corrected chi connectivity index (χ2v) is 3.89. The Morgan fingerprint density at radius 2 is 2.13 bits per heavy atom. The summed E-state index contributed by atoms with van der Waals surface area (Å²) in [5.41, 5.74) is 0.920. The van der Waals surface area contributed by atoms with E-state index in [1.165, 1.54) is 6.42 Å². The van der Waals surface area contributed by atoms with Crippen LogP contribution in [-0.2, 0) is 6.61 Å². The fourth-order valence-corrected chi connectivity index (χ4v) is 1.79. The summed E-state index contributed by atoms with van der Waals surface area (Å²) in [4.78, 5) is 0. The number of benzene rings is 1. The maximum Gasteiger partial charge on any atom is 0.119 e. The normalized spacial score (nSPS) is 21.3. The van der Waals surface area contributed by atoms with Crippen LogP contribution in [0, 0.1) is 0 Å². The first-order valence-corrected chi connectivity index (χ1v) is 5.45. The van der Waals surface area contributed by atoms with E-state index in [0.717, 1.165) is 30.8 Å². The molecule has 0 spiro atoms. The van der Waals surface area contributed by atoms with Crippen molar-refractivity contribution in [1.82, 2.24) is 5.32 Å². The monoisotopic (exact) mass is 207 g/mol. The Labute approximate surface area is 90.1 Å². The highest BCUT2D eigenvalue weighted by molar-refractivity contribution is 5.27. The van der Waals surface area contributed by atoms with Crippen LogP contribution in [0.25, 0.3) is 0 Å². The van der Waals surface area contributed by atoms with E-state index < -0.39 is 0 Å². The molecular weight excluding hydrogens is 190 g/mol. The Morgan fingerprint density at radius 1 is 1.33 bits per heavy atom. The minimum atomic E-state index is 0.0886. The predicted molar refractivity (Wildman–Crippen MR) is 58.9 cm³/mol. The van der Waals surface area contributed by atoms with Crippen molar-refractivity contribution >= 4 is 0 Å².